The maximum Gasteiger partial charge on any atom is 0.333 e. The van der Waals surface area contributed by atoms with E-state index < -0.39 is 17.8 Å². The summed E-state index contributed by atoms with van der Waals surface area (Å²) < 4.78 is 2.27. The van der Waals surface area contributed by atoms with Gasteiger partial charge in [-0.3, -0.25) is 0 Å². The van der Waals surface area contributed by atoms with Crippen molar-refractivity contribution in [3.63, 3.8) is 0 Å². The molecule has 0 amide bonds. The summed E-state index contributed by atoms with van der Waals surface area (Å²) in [6.45, 7) is 5.35. The number of carbonyl (C=O) groups is 1. The standard InChI is InChI=1S/C10H9Br9O2/c1-5(2)6(20)21-4-3-7(11,12)8(13,14)9(15,16)10(17,18)19/h1,3-4H2,2H3. The summed E-state index contributed by atoms with van der Waals surface area (Å²) in [5.41, 5.74) is 0.365. The van der Waals surface area contributed by atoms with Crippen LogP contribution in [0.25, 0.3) is 0 Å². The van der Waals surface area contributed by atoms with Crippen LogP contribution in [0.5, 0.6) is 0 Å². The van der Waals surface area contributed by atoms with Gasteiger partial charge in [0.05, 0.1) is 6.61 Å². The van der Waals surface area contributed by atoms with Gasteiger partial charge < -0.3 is 4.74 Å². The van der Waals surface area contributed by atoms with Crippen LogP contribution in [0.15, 0.2) is 12.2 Å². The van der Waals surface area contributed by atoms with Crippen LogP contribution in [0.1, 0.15) is 13.3 Å². The van der Waals surface area contributed by atoms with Crippen LogP contribution in [0.2, 0.25) is 0 Å². The Morgan fingerprint density at radius 1 is 0.952 bits per heavy atom. The minimum absolute atomic E-state index is 0.205. The zero-order valence-corrected chi connectivity index (χ0v) is 24.6. The molecule has 0 N–H and O–H groups in total. The number of halogens is 9. The van der Waals surface area contributed by atoms with Crippen molar-refractivity contribution in [3.05, 3.63) is 12.2 Å². The van der Waals surface area contributed by atoms with E-state index in [2.05, 4.69) is 150 Å². The molecule has 0 heterocycles. The summed E-state index contributed by atoms with van der Waals surface area (Å²) in [6, 6.07) is 0. The predicted octanol–water partition coefficient (Wildman–Crippen LogP) is 7.79. The van der Waals surface area contributed by atoms with Gasteiger partial charge in [-0.1, -0.05) is 150 Å². The van der Waals surface area contributed by atoms with Gasteiger partial charge in [0.15, 0.2) is 2.14 Å². The van der Waals surface area contributed by atoms with Gasteiger partial charge >= 0.3 is 5.97 Å². The molecule has 124 valence electrons. The van der Waals surface area contributed by atoms with Crippen LogP contribution in [0, 0.1) is 0 Å². The molecule has 0 unspecified atom stereocenters. The van der Waals surface area contributed by atoms with E-state index in [1.807, 2.05) is 0 Å². The molecule has 2 nitrogen and oxygen atoms in total. The van der Waals surface area contributed by atoms with Gasteiger partial charge in [-0.15, -0.1) is 0 Å². The minimum atomic E-state index is -0.758. The summed E-state index contributed by atoms with van der Waals surface area (Å²) in [6.07, 6.45) is 0.463. The highest BCUT2D eigenvalue weighted by Crippen LogP contribution is 2.68. The van der Waals surface area contributed by atoms with E-state index in [0.29, 0.717) is 12.0 Å². The smallest absolute Gasteiger partial charge is 0.333 e. The molecule has 0 aromatic rings. The Morgan fingerprint density at radius 2 is 1.38 bits per heavy atom. The zero-order valence-electron chi connectivity index (χ0n) is 10.3. The molecule has 0 aliphatic carbocycles. The van der Waals surface area contributed by atoms with E-state index >= 15 is 0 Å². The lowest BCUT2D eigenvalue weighted by molar-refractivity contribution is -0.139. The first kappa shape index (κ1) is 24.5. The fraction of sp³-hybridized carbons (Fsp3) is 0.700. The lowest BCUT2D eigenvalue weighted by Crippen LogP contribution is -2.54. The van der Waals surface area contributed by atoms with E-state index in [9.17, 15) is 4.79 Å². The number of carbonyl (C=O) groups excluding carboxylic acids is 1. The van der Waals surface area contributed by atoms with E-state index in [1.54, 1.807) is 6.92 Å². The minimum Gasteiger partial charge on any atom is -0.462 e. The molecule has 0 saturated heterocycles. The Bertz CT molecular complexity index is 411. The number of rotatable bonds is 6. The Balaban J connectivity index is 5.05. The highest BCUT2D eigenvalue weighted by Gasteiger charge is 2.64. The summed E-state index contributed by atoms with van der Waals surface area (Å²) in [5.74, 6) is -0.416. The quantitative estimate of drug-likeness (QED) is 0.155. The number of ether oxygens (including phenoxy) is 1. The van der Waals surface area contributed by atoms with E-state index in [0.717, 1.165) is 0 Å². The normalized spacial score (nSPS) is 14.0. The molecule has 0 saturated carbocycles. The SMILES string of the molecule is C=C(C)C(=O)OCCC(Br)(Br)C(Br)(Br)C(Br)(Br)C(Br)(Br)Br. The van der Waals surface area contributed by atoms with E-state index in [1.165, 1.54) is 0 Å². The number of hydrogen-bond donors (Lipinski definition) is 0. The molecular formula is C10H9Br9O2. The molecule has 0 fully saturated rings. The first-order valence-electron chi connectivity index (χ1n) is 5.10. The Labute approximate surface area is 199 Å². The van der Waals surface area contributed by atoms with Gasteiger partial charge in [0.25, 0.3) is 0 Å². The van der Waals surface area contributed by atoms with Crippen molar-refractivity contribution < 1.29 is 9.53 Å². The van der Waals surface area contributed by atoms with Crippen molar-refractivity contribution >= 4 is 149 Å². The second-order valence-corrected chi connectivity index (χ2v) is 21.4. The average molecular weight is 880 g/mol. The molecule has 0 aromatic carbocycles. The third-order valence-electron chi connectivity index (χ3n) is 2.21. The zero-order chi connectivity index (χ0) is 17.3. The van der Waals surface area contributed by atoms with Crippen LogP contribution in [-0.4, -0.2) is 24.4 Å². The van der Waals surface area contributed by atoms with Crippen molar-refractivity contribution in [2.75, 3.05) is 6.61 Å². The van der Waals surface area contributed by atoms with Crippen molar-refractivity contribution in [1.82, 2.24) is 0 Å². The van der Waals surface area contributed by atoms with Gasteiger partial charge in [0.1, 0.15) is 9.70 Å². The highest BCUT2D eigenvalue weighted by atomic mass is 80.0. The van der Waals surface area contributed by atoms with Crippen LogP contribution >= 0.6 is 143 Å². The Morgan fingerprint density at radius 3 is 1.71 bits per heavy atom. The van der Waals surface area contributed by atoms with Crippen molar-refractivity contribution in [2.45, 2.75) is 25.2 Å². The van der Waals surface area contributed by atoms with Gasteiger partial charge in [0, 0.05) is 12.0 Å². The molecule has 0 radical (unpaired) electrons. The van der Waals surface area contributed by atoms with Crippen molar-refractivity contribution in [2.24, 2.45) is 0 Å². The molecule has 0 aromatic heterocycles. The molecule has 0 atom stereocenters. The van der Waals surface area contributed by atoms with Gasteiger partial charge in [-0.2, -0.15) is 0 Å². The number of hydrogen-bond acceptors (Lipinski definition) is 2. The maximum atomic E-state index is 11.4. The monoisotopic (exact) mass is 871 g/mol. The molecule has 0 aliphatic rings. The van der Waals surface area contributed by atoms with Crippen molar-refractivity contribution in [3.8, 4) is 0 Å². The first-order valence-corrected chi connectivity index (χ1v) is 12.2. The third-order valence-corrected chi connectivity index (χ3v) is 18.3. The average Bonchev–Trinajstić information content (AvgIpc) is 2.26. The van der Waals surface area contributed by atoms with Gasteiger partial charge in [-0.05, 0) is 6.92 Å². The van der Waals surface area contributed by atoms with Gasteiger partial charge in [-0.25, -0.2) is 4.79 Å². The van der Waals surface area contributed by atoms with Crippen molar-refractivity contribution in [1.29, 1.82) is 0 Å². The summed E-state index contributed by atoms with van der Waals surface area (Å²) >= 11 is 32.1. The molecule has 0 bridgehead atoms. The molecule has 0 aliphatic heterocycles. The lowest BCUT2D eigenvalue weighted by Gasteiger charge is -2.46. The molecule has 11 heteroatoms. The predicted molar refractivity (Wildman–Crippen MR) is 122 cm³/mol. The third kappa shape index (κ3) is 6.32. The fourth-order valence-corrected chi connectivity index (χ4v) is 7.10. The Hall–Kier alpha value is 3.53. The van der Waals surface area contributed by atoms with Crippen LogP contribution in [0.3, 0.4) is 0 Å². The van der Waals surface area contributed by atoms with Crippen LogP contribution in [0.4, 0.5) is 0 Å². The molecule has 0 spiro atoms. The number of esters is 1. The summed E-state index contributed by atoms with van der Waals surface area (Å²) in [5, 5.41) is 0. The molecule has 0 rings (SSSR count). The van der Waals surface area contributed by atoms with Crippen LogP contribution < -0.4 is 0 Å². The largest absolute Gasteiger partial charge is 0.462 e. The first-order chi connectivity index (χ1) is 9.08. The summed E-state index contributed by atoms with van der Waals surface area (Å²) in [4.78, 5) is 11.4. The topological polar surface area (TPSA) is 26.3 Å². The lowest BCUT2D eigenvalue weighted by atomic mass is 10.2. The Kier molecular flexibility index (Phi) is 10.5. The number of alkyl halides is 9. The van der Waals surface area contributed by atoms with E-state index in [-0.39, 0.29) is 6.61 Å². The maximum absolute atomic E-state index is 11.4. The second-order valence-electron chi connectivity index (χ2n) is 4.02. The molecular weight excluding hydrogens is 871 g/mol. The second kappa shape index (κ2) is 8.95. The summed E-state index contributed by atoms with van der Waals surface area (Å²) in [7, 11) is 0. The fourth-order valence-electron chi connectivity index (χ4n) is 0.960. The highest BCUT2D eigenvalue weighted by molar-refractivity contribution is 9.42. The van der Waals surface area contributed by atoms with E-state index in [4.69, 9.17) is 4.74 Å². The molecule has 21 heavy (non-hydrogen) atoms. The van der Waals surface area contributed by atoms with Gasteiger partial charge in [0.2, 0.25) is 0 Å². The van der Waals surface area contributed by atoms with Crippen LogP contribution in [-0.2, 0) is 9.53 Å².